The third-order valence-electron chi connectivity index (χ3n) is 9.38. The van der Waals surface area contributed by atoms with Crippen LogP contribution in [0, 0.1) is 0 Å². The smallest absolute Gasteiger partial charge is 0.238 e. The number of benzene rings is 5. The average molecular weight is 552 g/mol. The Balaban J connectivity index is 1.37. The zero-order chi connectivity index (χ0) is 27.8. The van der Waals surface area contributed by atoms with E-state index in [1.54, 1.807) is 0 Å². The molecule has 0 unspecified atom stereocenters. The lowest BCUT2D eigenvalue weighted by atomic mass is 9.95. The van der Waals surface area contributed by atoms with Crippen molar-refractivity contribution in [2.24, 2.45) is 0 Å². The lowest BCUT2D eigenvalue weighted by Gasteiger charge is -2.12. The fourth-order valence-corrected chi connectivity index (χ4v) is 7.65. The molecule has 0 aliphatic heterocycles. The van der Waals surface area contributed by atoms with Gasteiger partial charge in [0, 0.05) is 26.9 Å². The maximum atomic E-state index is 6.45. The molecule has 0 bridgehead atoms. The fourth-order valence-electron chi connectivity index (χ4n) is 7.65. The van der Waals surface area contributed by atoms with Crippen LogP contribution in [0.4, 0.5) is 0 Å². The highest BCUT2D eigenvalue weighted by Gasteiger charge is 2.28. The largest absolute Gasteiger partial charge is 0.456 e. The second-order valence-electron chi connectivity index (χ2n) is 11.6. The van der Waals surface area contributed by atoms with E-state index in [1.807, 2.05) is 18.2 Å². The van der Waals surface area contributed by atoms with Crippen molar-refractivity contribution in [2.75, 3.05) is 0 Å². The van der Waals surface area contributed by atoms with Crippen LogP contribution in [0.5, 0.6) is 0 Å². The minimum Gasteiger partial charge on any atom is -0.456 e. The first-order valence-electron chi connectivity index (χ1n) is 14.7. The number of rotatable bonds is 2. The number of aromatic nitrogens is 3. The molecule has 0 saturated carbocycles. The van der Waals surface area contributed by atoms with E-state index in [1.165, 1.54) is 32.7 Å². The first kappa shape index (κ1) is 22.0. The normalized spacial score (nSPS) is 14.4. The summed E-state index contributed by atoms with van der Waals surface area (Å²) in [7, 11) is 0. The molecule has 0 saturated heterocycles. The van der Waals surface area contributed by atoms with Crippen LogP contribution in [0.25, 0.3) is 99.2 Å². The molecule has 0 atom stereocenters. The van der Waals surface area contributed by atoms with Gasteiger partial charge in [-0.25, -0.2) is 4.98 Å². The molecule has 0 radical (unpaired) electrons. The van der Waals surface area contributed by atoms with Crippen LogP contribution in [-0.4, -0.2) is 14.5 Å². The van der Waals surface area contributed by atoms with Gasteiger partial charge in [0.25, 0.3) is 0 Å². The van der Waals surface area contributed by atoms with Crippen molar-refractivity contribution in [3.8, 4) is 17.1 Å². The lowest BCUT2D eigenvalue weighted by molar-refractivity contribution is 0.651. The average Bonchev–Trinajstić information content (AvgIpc) is 3.70. The molecule has 0 amide bonds. The molecule has 5 aromatic carbocycles. The van der Waals surface area contributed by atoms with E-state index in [0.29, 0.717) is 11.7 Å². The highest BCUT2D eigenvalue weighted by molar-refractivity contribution is 6.37. The van der Waals surface area contributed by atoms with Gasteiger partial charge >= 0.3 is 0 Å². The number of fused-ring (bicyclic) bond motifs is 4. The summed E-state index contributed by atoms with van der Waals surface area (Å²) in [6, 6.07) is 29.8. The standard InChI is InChI=1S/C38H21N3O2/c1-2-8-21(9-3-1)36-32-24-11-4-5-14-27(24)43-37(32)40-38(39-36)41-25-17-16-20-10-6-12-22-23-13-7-15-28-31(23)35-29(42-28)19-18-26(41)34(35)33(25)30(20)22/h2,4-19H,1,3H2. The summed E-state index contributed by atoms with van der Waals surface area (Å²) in [4.78, 5) is 10.5. The van der Waals surface area contributed by atoms with E-state index in [4.69, 9.17) is 18.8 Å². The Bertz CT molecular complexity index is 2790. The van der Waals surface area contributed by atoms with Crippen molar-refractivity contribution in [1.29, 1.82) is 0 Å². The summed E-state index contributed by atoms with van der Waals surface area (Å²) >= 11 is 0. The van der Waals surface area contributed by atoms with Crippen LogP contribution in [-0.2, 0) is 0 Å². The second kappa shape index (κ2) is 7.58. The van der Waals surface area contributed by atoms with Gasteiger partial charge in [-0.3, -0.25) is 4.57 Å². The fraction of sp³-hybridized carbons (Fsp3) is 0.0526. The molecular formula is C38H21N3O2. The summed E-state index contributed by atoms with van der Waals surface area (Å²) < 4.78 is 15.1. The summed E-state index contributed by atoms with van der Waals surface area (Å²) in [5.74, 6) is 0.603. The SMILES string of the molecule is C1=CC(c2nc(-n3c4ccc5cccc6c5c4c4c5c(ccc43)oc3cccc-6c35)nc3oc4ccccc4c23)=CCC1. The van der Waals surface area contributed by atoms with Crippen molar-refractivity contribution in [2.45, 2.75) is 12.8 Å². The van der Waals surface area contributed by atoms with E-state index >= 15 is 0 Å². The summed E-state index contributed by atoms with van der Waals surface area (Å²) in [5.41, 5.74) is 9.78. The Morgan fingerprint density at radius 2 is 1.37 bits per heavy atom. The number of para-hydroxylation sites is 1. The molecular weight excluding hydrogens is 530 g/mol. The zero-order valence-corrected chi connectivity index (χ0v) is 22.9. The van der Waals surface area contributed by atoms with Crippen LogP contribution < -0.4 is 0 Å². The molecule has 4 aromatic heterocycles. The first-order valence-corrected chi connectivity index (χ1v) is 14.7. The van der Waals surface area contributed by atoms with Gasteiger partial charge in [-0.05, 0) is 70.6 Å². The zero-order valence-electron chi connectivity index (χ0n) is 22.9. The molecule has 0 fully saturated rings. The Labute approximate surface area is 244 Å². The summed E-state index contributed by atoms with van der Waals surface area (Å²) in [5, 5.41) is 9.16. The molecule has 4 heterocycles. The van der Waals surface area contributed by atoms with Gasteiger partial charge in [-0.15, -0.1) is 0 Å². The van der Waals surface area contributed by atoms with Crippen molar-refractivity contribution >= 4 is 82.2 Å². The van der Waals surface area contributed by atoms with E-state index in [-0.39, 0.29) is 0 Å². The lowest BCUT2D eigenvalue weighted by Crippen LogP contribution is -2.04. The van der Waals surface area contributed by atoms with Crippen LogP contribution in [0.1, 0.15) is 18.5 Å². The number of furan rings is 2. The first-order chi connectivity index (χ1) is 21.3. The summed E-state index contributed by atoms with van der Waals surface area (Å²) in [6.45, 7) is 0. The maximum Gasteiger partial charge on any atom is 0.238 e. The molecule has 200 valence electrons. The molecule has 2 aliphatic rings. The quantitative estimate of drug-likeness (QED) is 0.214. The predicted octanol–water partition coefficient (Wildman–Crippen LogP) is 10.2. The van der Waals surface area contributed by atoms with Crippen molar-refractivity contribution in [1.82, 2.24) is 14.5 Å². The molecule has 11 rings (SSSR count). The Morgan fingerprint density at radius 3 is 2.28 bits per heavy atom. The molecule has 0 N–H and O–H groups in total. The Morgan fingerprint density at radius 1 is 0.581 bits per heavy atom. The molecule has 0 spiro atoms. The van der Waals surface area contributed by atoms with Gasteiger partial charge in [0.2, 0.25) is 11.7 Å². The van der Waals surface area contributed by atoms with Crippen LogP contribution in [0.15, 0.2) is 112 Å². The van der Waals surface area contributed by atoms with Crippen molar-refractivity contribution in [3.05, 3.63) is 109 Å². The topological polar surface area (TPSA) is 57.0 Å². The molecule has 5 nitrogen and oxygen atoms in total. The van der Waals surface area contributed by atoms with Crippen molar-refractivity contribution in [3.63, 3.8) is 0 Å². The highest BCUT2D eigenvalue weighted by Crippen LogP contribution is 2.50. The van der Waals surface area contributed by atoms with Gasteiger partial charge in [0.05, 0.1) is 22.1 Å². The molecule has 2 aliphatic carbocycles. The van der Waals surface area contributed by atoms with Gasteiger partial charge in [-0.2, -0.15) is 4.98 Å². The molecule has 9 aromatic rings. The van der Waals surface area contributed by atoms with Crippen LogP contribution >= 0.6 is 0 Å². The number of hydrogen-bond donors (Lipinski definition) is 0. The van der Waals surface area contributed by atoms with E-state index in [9.17, 15) is 0 Å². The highest BCUT2D eigenvalue weighted by atomic mass is 16.3. The van der Waals surface area contributed by atoms with E-state index in [2.05, 4.69) is 89.5 Å². The van der Waals surface area contributed by atoms with Gasteiger partial charge in [0.15, 0.2) is 0 Å². The Kier molecular flexibility index (Phi) is 3.88. The monoisotopic (exact) mass is 551 g/mol. The predicted molar refractivity (Wildman–Crippen MR) is 174 cm³/mol. The molecule has 43 heavy (non-hydrogen) atoms. The van der Waals surface area contributed by atoms with Gasteiger partial charge in [-0.1, -0.05) is 72.8 Å². The minimum absolute atomic E-state index is 0.599. The third kappa shape index (κ3) is 2.64. The van der Waals surface area contributed by atoms with Gasteiger partial charge in [0.1, 0.15) is 16.7 Å². The van der Waals surface area contributed by atoms with Crippen LogP contribution in [0.3, 0.4) is 0 Å². The Hall–Kier alpha value is -5.68. The molecule has 5 heteroatoms. The summed E-state index contributed by atoms with van der Waals surface area (Å²) in [6.07, 6.45) is 8.71. The second-order valence-corrected chi connectivity index (χ2v) is 11.6. The number of hydrogen-bond acceptors (Lipinski definition) is 4. The minimum atomic E-state index is 0.599. The maximum absolute atomic E-state index is 6.45. The van der Waals surface area contributed by atoms with Crippen LogP contribution in [0.2, 0.25) is 0 Å². The van der Waals surface area contributed by atoms with E-state index in [0.717, 1.165) is 73.4 Å². The van der Waals surface area contributed by atoms with Gasteiger partial charge < -0.3 is 8.83 Å². The number of allylic oxidation sites excluding steroid dienone is 4. The number of nitrogens with zero attached hydrogens (tertiary/aromatic N) is 3. The van der Waals surface area contributed by atoms with E-state index < -0.39 is 0 Å². The van der Waals surface area contributed by atoms with Crippen molar-refractivity contribution < 1.29 is 8.83 Å². The third-order valence-corrected chi connectivity index (χ3v) is 9.38.